The van der Waals surface area contributed by atoms with Crippen LogP contribution in [0.15, 0.2) is 18.2 Å². The molecule has 0 bridgehead atoms. The van der Waals surface area contributed by atoms with Crippen molar-refractivity contribution < 1.29 is 17.6 Å². The van der Waals surface area contributed by atoms with Crippen molar-refractivity contribution in [2.24, 2.45) is 0 Å². The van der Waals surface area contributed by atoms with Crippen LogP contribution >= 0.6 is 0 Å². The summed E-state index contributed by atoms with van der Waals surface area (Å²) in [6.07, 6.45) is -2.63. The maximum atomic E-state index is 12.9. The first kappa shape index (κ1) is 10.8. The minimum Gasteiger partial charge on any atom is -0.374 e. The third-order valence-corrected chi connectivity index (χ3v) is 1.71. The number of rotatable bonds is 3. The monoisotopic (exact) mass is 207 g/mol. The van der Waals surface area contributed by atoms with Crippen molar-refractivity contribution in [1.29, 1.82) is 0 Å². The largest absolute Gasteiger partial charge is 0.374 e. The Morgan fingerprint density at radius 1 is 1.21 bits per heavy atom. The minimum atomic E-state index is -2.63. The van der Waals surface area contributed by atoms with Crippen LogP contribution in [-0.4, -0.2) is 12.5 Å². The fourth-order valence-electron chi connectivity index (χ4n) is 0.924. The van der Waals surface area contributed by atoms with E-state index in [1.54, 1.807) is 0 Å². The van der Waals surface area contributed by atoms with E-state index in [0.29, 0.717) is 0 Å². The molecule has 1 rings (SSSR count). The molecule has 0 saturated heterocycles. The van der Waals surface area contributed by atoms with Gasteiger partial charge in [0.1, 0.15) is 0 Å². The van der Waals surface area contributed by atoms with E-state index < -0.39 is 24.1 Å². The molecule has 1 N–H and O–H groups in total. The molecule has 1 atom stereocenters. The quantitative estimate of drug-likeness (QED) is 0.751. The second kappa shape index (κ2) is 4.30. The van der Waals surface area contributed by atoms with Crippen molar-refractivity contribution in [3.63, 3.8) is 0 Å². The van der Waals surface area contributed by atoms with Crippen LogP contribution in [0.3, 0.4) is 0 Å². The van der Waals surface area contributed by atoms with Crippen LogP contribution in [0.1, 0.15) is 6.92 Å². The highest BCUT2D eigenvalue weighted by atomic mass is 19.3. The molecule has 1 unspecified atom stereocenters. The Kier molecular flexibility index (Phi) is 3.33. The number of nitrogens with one attached hydrogen (secondary N) is 1. The number of anilines is 1. The van der Waals surface area contributed by atoms with Gasteiger partial charge >= 0.3 is 0 Å². The Hall–Kier alpha value is -1.26. The van der Waals surface area contributed by atoms with Gasteiger partial charge < -0.3 is 5.32 Å². The van der Waals surface area contributed by atoms with Crippen molar-refractivity contribution in [2.45, 2.75) is 19.4 Å². The molecular weight excluding hydrogens is 198 g/mol. The van der Waals surface area contributed by atoms with E-state index in [4.69, 9.17) is 0 Å². The lowest BCUT2D eigenvalue weighted by atomic mass is 10.2. The van der Waals surface area contributed by atoms with Gasteiger partial charge in [-0.2, -0.15) is 0 Å². The third kappa shape index (κ3) is 2.37. The third-order valence-electron chi connectivity index (χ3n) is 1.71. The Bertz CT molecular complexity index is 314. The first-order chi connectivity index (χ1) is 6.52. The van der Waals surface area contributed by atoms with Crippen molar-refractivity contribution in [2.75, 3.05) is 5.32 Å². The summed E-state index contributed by atoms with van der Waals surface area (Å²) >= 11 is 0. The molecule has 0 saturated carbocycles. The van der Waals surface area contributed by atoms with E-state index in [1.807, 2.05) is 0 Å². The molecule has 14 heavy (non-hydrogen) atoms. The average molecular weight is 207 g/mol. The van der Waals surface area contributed by atoms with Crippen LogP contribution in [0.4, 0.5) is 23.2 Å². The Labute approximate surface area is 78.7 Å². The molecule has 0 aliphatic heterocycles. The number of hydrogen-bond acceptors (Lipinski definition) is 1. The van der Waals surface area contributed by atoms with Gasteiger partial charge in [0.25, 0.3) is 6.43 Å². The van der Waals surface area contributed by atoms with Crippen LogP contribution in [0, 0.1) is 11.6 Å². The summed E-state index contributed by atoms with van der Waals surface area (Å²) in [6.45, 7) is 1.19. The summed E-state index contributed by atoms with van der Waals surface area (Å²) in [5, 5.41) is 2.19. The maximum Gasteiger partial charge on any atom is 0.258 e. The predicted molar refractivity (Wildman–Crippen MR) is 45.4 cm³/mol. The summed E-state index contributed by atoms with van der Waals surface area (Å²) in [4.78, 5) is 0. The summed E-state index contributed by atoms with van der Waals surface area (Å²) in [7, 11) is 0. The molecule has 0 aliphatic carbocycles. The normalized spacial score (nSPS) is 13.0. The molecular formula is C9H9F4N. The molecule has 0 fully saturated rings. The lowest BCUT2D eigenvalue weighted by molar-refractivity contribution is 0.130. The highest BCUT2D eigenvalue weighted by Gasteiger charge is 2.16. The molecule has 0 heterocycles. The van der Waals surface area contributed by atoms with Crippen LogP contribution in [0.25, 0.3) is 0 Å². The Balaban J connectivity index is 2.82. The fraction of sp³-hybridized carbons (Fsp3) is 0.333. The van der Waals surface area contributed by atoms with Crippen molar-refractivity contribution in [1.82, 2.24) is 0 Å². The van der Waals surface area contributed by atoms with Gasteiger partial charge in [-0.15, -0.1) is 0 Å². The van der Waals surface area contributed by atoms with Crippen LogP contribution in [-0.2, 0) is 0 Å². The number of benzene rings is 1. The molecule has 0 aromatic heterocycles. The van der Waals surface area contributed by atoms with Crippen molar-refractivity contribution >= 4 is 5.69 Å². The standard InChI is InChI=1S/C9H9F4N/c1-5(9(12)13)14-7-4-2-3-6(10)8(7)11/h2-5,9,14H,1H3. The smallest absolute Gasteiger partial charge is 0.258 e. The van der Waals surface area contributed by atoms with E-state index >= 15 is 0 Å². The van der Waals surface area contributed by atoms with E-state index in [-0.39, 0.29) is 5.69 Å². The predicted octanol–water partition coefficient (Wildman–Crippen LogP) is 3.03. The van der Waals surface area contributed by atoms with Gasteiger partial charge in [0.2, 0.25) is 0 Å². The summed E-state index contributed by atoms with van der Waals surface area (Å²) in [6, 6.07) is 2.16. The summed E-state index contributed by atoms with van der Waals surface area (Å²) in [5.41, 5.74) is -0.252. The summed E-state index contributed by atoms with van der Waals surface area (Å²) in [5.74, 6) is -2.20. The minimum absolute atomic E-state index is 0.252. The van der Waals surface area contributed by atoms with Crippen LogP contribution in [0.5, 0.6) is 0 Å². The van der Waals surface area contributed by atoms with E-state index in [0.717, 1.165) is 6.07 Å². The molecule has 1 nitrogen and oxygen atoms in total. The van der Waals surface area contributed by atoms with Crippen LogP contribution < -0.4 is 5.32 Å². The lowest BCUT2D eigenvalue weighted by Crippen LogP contribution is -2.24. The zero-order valence-electron chi connectivity index (χ0n) is 7.40. The first-order valence-corrected chi connectivity index (χ1v) is 4.01. The van der Waals surface area contributed by atoms with Gasteiger partial charge in [0.15, 0.2) is 11.6 Å². The first-order valence-electron chi connectivity index (χ1n) is 4.01. The number of hydrogen-bond donors (Lipinski definition) is 1. The van der Waals surface area contributed by atoms with Crippen LogP contribution in [0.2, 0.25) is 0 Å². The highest BCUT2D eigenvalue weighted by Crippen LogP contribution is 2.18. The van der Waals surface area contributed by atoms with Gasteiger partial charge in [-0.1, -0.05) is 6.07 Å². The van der Waals surface area contributed by atoms with Gasteiger partial charge in [-0.05, 0) is 19.1 Å². The topological polar surface area (TPSA) is 12.0 Å². The number of halogens is 4. The van der Waals surface area contributed by atoms with E-state index in [1.165, 1.54) is 19.1 Å². The number of alkyl halides is 2. The van der Waals surface area contributed by atoms with Crippen molar-refractivity contribution in [3.05, 3.63) is 29.8 Å². The molecule has 1 aromatic rings. The fourth-order valence-corrected chi connectivity index (χ4v) is 0.924. The maximum absolute atomic E-state index is 12.9. The molecule has 78 valence electrons. The van der Waals surface area contributed by atoms with Gasteiger partial charge in [0, 0.05) is 0 Å². The van der Waals surface area contributed by atoms with Gasteiger partial charge in [-0.3, -0.25) is 0 Å². The Morgan fingerprint density at radius 3 is 2.43 bits per heavy atom. The summed E-state index contributed by atoms with van der Waals surface area (Å²) < 4.78 is 49.7. The molecule has 1 aromatic carbocycles. The highest BCUT2D eigenvalue weighted by molar-refractivity contribution is 5.45. The molecule has 0 amide bonds. The SMILES string of the molecule is CC(Nc1cccc(F)c1F)C(F)F. The second-order valence-electron chi connectivity index (χ2n) is 2.87. The Morgan fingerprint density at radius 2 is 1.86 bits per heavy atom. The van der Waals surface area contributed by atoms with Crippen molar-refractivity contribution in [3.8, 4) is 0 Å². The zero-order valence-corrected chi connectivity index (χ0v) is 7.40. The molecule has 5 heteroatoms. The lowest BCUT2D eigenvalue weighted by Gasteiger charge is -2.14. The molecule has 0 spiro atoms. The van der Waals surface area contributed by atoms with Gasteiger partial charge in [-0.25, -0.2) is 17.6 Å². The average Bonchev–Trinajstić information content (AvgIpc) is 2.12. The molecule has 0 aliphatic rings. The zero-order chi connectivity index (χ0) is 10.7. The molecule has 0 radical (unpaired) electrons. The van der Waals surface area contributed by atoms with Gasteiger partial charge in [0.05, 0.1) is 11.7 Å². The van der Waals surface area contributed by atoms with E-state index in [2.05, 4.69) is 5.32 Å². The second-order valence-corrected chi connectivity index (χ2v) is 2.87. The van der Waals surface area contributed by atoms with E-state index in [9.17, 15) is 17.6 Å².